The molecule has 15 heterocycles. The van der Waals surface area contributed by atoms with Gasteiger partial charge in [0.05, 0.1) is 82.5 Å². The maximum Gasteiger partial charge on any atom is 0.280 e. The number of nitrogens with one attached hydrogen (secondary N) is 4. The molecule has 5 fully saturated rings. The van der Waals surface area contributed by atoms with Crippen LogP contribution in [0.2, 0.25) is 0 Å². The van der Waals surface area contributed by atoms with E-state index in [0.717, 1.165) is 56.5 Å². The van der Waals surface area contributed by atoms with E-state index in [1.165, 1.54) is 41.6 Å². The molecule has 5 aliphatic rings. The summed E-state index contributed by atoms with van der Waals surface area (Å²) in [5, 5.41) is 99.6. The van der Waals surface area contributed by atoms with Crippen molar-refractivity contribution in [2.75, 3.05) is 159 Å². The molecule has 738 valence electrons. The highest BCUT2D eigenvalue weighted by Gasteiger charge is 2.50. The minimum absolute atomic E-state index is 0.0271. The fraction of sp³-hybridized carbons (Fsp3) is 0.639. The Morgan fingerprint density at radius 2 is 0.677 bits per heavy atom. The number of aromatic amines is 2. The SMILES string of the molecule is C=P(C)(C)CC[C@H]1O[C@@H](n2cnc3c(=O)[nH]c(NCCC)nc32)[C@H](O)[C@@H]1O.C=P(C)(C)CC[C@H]1O[C@@H](n2cnc3c(=O)[nH]c(NCCCC)nc32)[C@H](O)[C@@H]1O.C=P(C)(C)CC[C@H]1O[C@@H](n2cnc3c(OC)nc(N)nc32)[C@H](O)[C@@H]1O.C=P(C)(C)CC[C@H]1O[C@@H](n2cnc3c(OCC)nc(N)nc32)[C@H](Cl)[C@@H]1O.C=P(C)(C)CC[C@H]1O[C@@H](n2cnc3c(OCCC)nc(N)nc32)[C@H](O)[C@@H]1O. The summed E-state index contributed by atoms with van der Waals surface area (Å²) in [6, 6.07) is 0. The van der Waals surface area contributed by atoms with Crippen LogP contribution >= 0.6 is 46.0 Å². The minimum Gasteiger partial charge on any atom is -0.479 e. The van der Waals surface area contributed by atoms with E-state index in [2.05, 4.69) is 190 Å². The molecule has 0 radical (unpaired) electrons. The monoisotopic (exact) mass is 1980 g/mol. The van der Waals surface area contributed by atoms with Crippen LogP contribution in [0, 0.1) is 0 Å². The predicted octanol–water partition coefficient (Wildman–Crippen LogP) is 4.53. The van der Waals surface area contributed by atoms with Crippen LogP contribution in [0.1, 0.15) is 117 Å². The van der Waals surface area contributed by atoms with Crippen LogP contribution in [0.3, 0.4) is 0 Å². The van der Waals surface area contributed by atoms with Crippen molar-refractivity contribution >= 4 is 163 Å². The molecule has 10 aromatic rings. The molecule has 0 unspecified atom stereocenters. The lowest BCUT2D eigenvalue weighted by atomic mass is 10.1. The van der Waals surface area contributed by atoms with E-state index >= 15 is 0 Å². The number of hydrogen-bond donors (Lipinski definition) is 16. The number of rotatable bonds is 33. The fourth-order valence-corrected chi connectivity index (χ4v) is 20.4. The molecule has 5 aliphatic heterocycles. The van der Waals surface area contributed by atoms with Gasteiger partial charge in [0.15, 0.2) is 87.0 Å². The lowest BCUT2D eigenvalue weighted by Gasteiger charge is -2.18. The summed E-state index contributed by atoms with van der Waals surface area (Å²) in [6.07, 6.45) is 24.0. The molecule has 50 heteroatoms. The van der Waals surface area contributed by atoms with E-state index in [9.17, 15) is 55.5 Å². The lowest BCUT2D eigenvalue weighted by Crippen LogP contribution is -2.32. The van der Waals surface area contributed by atoms with Gasteiger partial charge in [-0.2, -0.15) is 39.9 Å². The fourth-order valence-electron chi connectivity index (χ4n) is 15.3. The Kier molecular flexibility index (Phi) is 35.4. The molecule has 0 saturated carbocycles. The van der Waals surface area contributed by atoms with Gasteiger partial charge in [0, 0.05) is 13.1 Å². The third-order valence-electron chi connectivity index (χ3n) is 22.5. The first-order chi connectivity index (χ1) is 62.5. The number of nitrogens with zero attached hydrogens (tertiary/aromatic N) is 18. The number of anilines is 5. The number of fused-ring (bicyclic) bond motifs is 5. The standard InChI is InChI=1S/C18H30N5O4P.2C17H28N5O4P.C16H25ClN5O3P.C15H24N5O4P/c1-5-6-8-19-18-21-15-12(16(26)22-18)20-10-23(15)17-14(25)13(24)11(27-17)7-9-28(2,3)4;1-5-7-25-15-11-14(20-17(18)21-15)22(9-19-11)16-13(24)12(23)10(26-16)6-8-27(2,3)4;1-5-7-18-17-20-14-11(15(25)21-17)19-9-22(14)16-13(24)12(23)10(26-16)6-8-27(2,3)4;1-5-24-14-11-13(20-16(18)21-14)22(8-19-11)15-10(17)12(23)9(25-15)6-7-26(2,3)4;1-23-13-9-12(18-15(16)19-13)20(7-17-9)14-11(22)10(21)8(24-14)5-6-25(2,3)4/h10-11,13-14,17,24-25H,2,5-9H2,1,3-4H3,(H2,19,21,22,26);9-10,12-13,16,23-24H,2,5-8H2,1,3-4H3,(H2,18,20,21);9-10,12-13,16,23-24H,2,5-8H2,1,3-4H3,(H2,18,20,21,25);8-10,12,15,23H,2,5-7H2,1,3-4H3,(H2,18,20,21);7-8,10-11,14,21-22H,2,5-6H2,1,3-4H3,(H2,16,18,19)/t11-,13-,14-,17-;2*10-,12-,13-,16-;9-,10-,12-,15-;8-,10-,11-,14-/m11111/s1. The summed E-state index contributed by atoms with van der Waals surface area (Å²) in [7, 11) is 1.46. The van der Waals surface area contributed by atoms with Crippen LogP contribution in [0.4, 0.5) is 29.7 Å². The molecule has 0 aromatic carbocycles. The van der Waals surface area contributed by atoms with E-state index in [0.29, 0.717) is 127 Å². The van der Waals surface area contributed by atoms with Gasteiger partial charge in [-0.3, -0.25) is 42.4 Å². The Morgan fingerprint density at radius 3 is 0.985 bits per heavy atom. The number of halogens is 1. The van der Waals surface area contributed by atoms with Gasteiger partial charge < -0.3 is 112 Å². The number of nitrogen functional groups attached to an aromatic ring is 3. The maximum atomic E-state index is 12.3. The highest BCUT2D eigenvalue weighted by Crippen LogP contribution is 2.47. The normalized spacial score (nSPS) is 26.2. The molecule has 0 bridgehead atoms. The van der Waals surface area contributed by atoms with Crippen molar-refractivity contribution in [2.24, 2.45) is 0 Å². The third-order valence-corrected chi connectivity index (χ3v) is 30.3. The second kappa shape index (κ2) is 44.6. The Morgan fingerprint density at radius 1 is 0.391 bits per heavy atom. The minimum atomic E-state index is -1.27. The smallest absolute Gasteiger partial charge is 0.280 e. The third kappa shape index (κ3) is 26.3. The first-order valence-corrected chi connectivity index (χ1v) is 59.9. The van der Waals surface area contributed by atoms with E-state index in [4.69, 9.17) is 66.7 Å². The number of methoxy groups -OCH3 is 1. The Bertz CT molecular complexity index is 5990. The first kappa shape index (κ1) is 105. The van der Waals surface area contributed by atoms with Gasteiger partial charge in [0.1, 0.15) is 60.3 Å². The predicted molar refractivity (Wildman–Crippen MR) is 531 cm³/mol. The molecule has 19 N–H and O–H groups in total. The number of nitrogens with two attached hydrogens (primary N) is 3. The number of imidazole rings is 5. The van der Waals surface area contributed by atoms with Gasteiger partial charge in [-0.1, -0.05) is 27.2 Å². The lowest BCUT2D eigenvalue weighted by molar-refractivity contribution is -0.0353. The van der Waals surface area contributed by atoms with Gasteiger partial charge >= 0.3 is 0 Å². The number of aliphatic hydroxyl groups is 9. The molecule has 0 amide bonds. The largest absolute Gasteiger partial charge is 0.479 e. The molecule has 133 heavy (non-hydrogen) atoms. The number of H-pyrrole nitrogens is 2. The second-order valence-corrected chi connectivity index (χ2v) is 59.3. The van der Waals surface area contributed by atoms with Gasteiger partial charge in [0.2, 0.25) is 47.4 Å². The zero-order valence-electron chi connectivity index (χ0n) is 78.2. The molecule has 44 nitrogen and oxygen atoms in total. The second-order valence-electron chi connectivity index (χ2n) is 37.2. The maximum absolute atomic E-state index is 12.3. The van der Waals surface area contributed by atoms with Crippen LogP contribution in [0.5, 0.6) is 17.6 Å². The van der Waals surface area contributed by atoms with Crippen molar-refractivity contribution in [3.63, 3.8) is 0 Å². The highest BCUT2D eigenvalue weighted by molar-refractivity contribution is 7.73. The summed E-state index contributed by atoms with van der Waals surface area (Å²) in [6.45, 7) is 25.2. The Balaban J connectivity index is 0.000000160. The van der Waals surface area contributed by atoms with Crippen molar-refractivity contribution < 1.29 is 83.9 Å². The van der Waals surface area contributed by atoms with E-state index in [1.54, 1.807) is 20.0 Å². The molecular weight excluding hydrogens is 1840 g/mol. The van der Waals surface area contributed by atoms with E-state index < -0.39 is 150 Å². The van der Waals surface area contributed by atoms with Crippen LogP contribution in [-0.2, 0) is 23.7 Å². The average molecular weight is 1980 g/mol. The van der Waals surface area contributed by atoms with Gasteiger partial charge in [0.25, 0.3) is 11.1 Å². The quantitative estimate of drug-likeness (QED) is 0.0153. The molecular formula is C83H135ClN25O19P5. The Labute approximate surface area is 776 Å². The number of ether oxygens (including phenoxy) is 8. The van der Waals surface area contributed by atoms with Gasteiger partial charge in [-0.15, -0.1) is 77.5 Å². The van der Waals surface area contributed by atoms with E-state index in [-0.39, 0.29) is 52.0 Å². The topological polar surface area (TPSA) is 616 Å². The van der Waals surface area contributed by atoms with Crippen molar-refractivity contribution in [3.05, 3.63) is 52.3 Å². The van der Waals surface area contributed by atoms with Crippen molar-refractivity contribution in [2.45, 2.75) is 207 Å². The summed E-state index contributed by atoms with van der Waals surface area (Å²) < 4.78 is 53.9. The molecule has 15 rings (SSSR count). The molecule has 5 saturated heterocycles. The molecule has 0 spiro atoms. The summed E-state index contributed by atoms with van der Waals surface area (Å²) in [5.74, 6) is 1.69. The molecule has 10 aromatic heterocycles. The Hall–Kier alpha value is -8.02. The zero-order chi connectivity index (χ0) is 97.4. The molecule has 0 aliphatic carbocycles. The van der Waals surface area contributed by atoms with Crippen LogP contribution in [-0.4, -0.2) is 397 Å². The summed E-state index contributed by atoms with van der Waals surface area (Å²) in [4.78, 5) is 84.6. The number of aromatic nitrogens is 20. The van der Waals surface area contributed by atoms with Crippen LogP contribution in [0.25, 0.3) is 55.8 Å². The van der Waals surface area contributed by atoms with E-state index in [1.807, 2.05) is 20.8 Å². The highest BCUT2D eigenvalue weighted by atomic mass is 35.5. The number of aliphatic hydroxyl groups excluding tert-OH is 9. The van der Waals surface area contributed by atoms with Crippen LogP contribution < -0.4 is 53.2 Å². The van der Waals surface area contributed by atoms with Crippen molar-refractivity contribution in [1.29, 1.82) is 0 Å². The molecule has 20 atom stereocenters. The number of unbranched alkanes of at least 4 members (excludes halogenated alkanes) is 1. The number of alkyl halides is 1. The average Bonchev–Trinajstić information content (AvgIpc) is 1.64. The summed E-state index contributed by atoms with van der Waals surface area (Å²) >= 11 is 6.47. The van der Waals surface area contributed by atoms with Crippen molar-refractivity contribution in [3.8, 4) is 17.6 Å². The summed E-state index contributed by atoms with van der Waals surface area (Å²) in [5.41, 5.74) is 20.1. The van der Waals surface area contributed by atoms with Crippen molar-refractivity contribution in [1.82, 2.24) is 97.6 Å². The zero-order valence-corrected chi connectivity index (χ0v) is 83.4. The van der Waals surface area contributed by atoms with Gasteiger partial charge in [-0.05, 0) is 156 Å². The van der Waals surface area contributed by atoms with Crippen LogP contribution in [0.15, 0.2) is 41.2 Å². The first-order valence-electron chi connectivity index (χ1n) is 44.2. The number of hydrogen-bond acceptors (Lipinski definition) is 37. The van der Waals surface area contributed by atoms with Gasteiger partial charge in [-0.25, -0.2) is 24.9 Å².